The highest BCUT2D eigenvalue weighted by atomic mass is 32.2. The van der Waals surface area contributed by atoms with E-state index >= 15 is 0 Å². The number of thioether (sulfide) groups is 1. The number of amides is 1. The Morgan fingerprint density at radius 2 is 2.15 bits per heavy atom. The van der Waals surface area contributed by atoms with E-state index in [1.165, 1.54) is 26.8 Å². The van der Waals surface area contributed by atoms with Crippen LogP contribution in [0.15, 0.2) is 9.95 Å². The lowest BCUT2D eigenvalue weighted by molar-refractivity contribution is -0.120. The summed E-state index contributed by atoms with van der Waals surface area (Å²) in [7, 11) is 1.70. The van der Waals surface area contributed by atoms with Gasteiger partial charge in [0, 0.05) is 11.9 Å². The normalized spacial score (nSPS) is 16.0. The van der Waals surface area contributed by atoms with E-state index in [1.807, 2.05) is 13.8 Å². The minimum Gasteiger partial charge on any atom is -0.337 e. The number of hydrogen-bond acceptors (Lipinski definition) is 6. The van der Waals surface area contributed by atoms with Crippen molar-refractivity contribution in [3.05, 3.63) is 20.8 Å². The Balaban J connectivity index is 1.82. The highest BCUT2D eigenvalue weighted by Gasteiger charge is 2.30. The topological polar surface area (TPSA) is 87.8 Å². The number of carbonyl (C=O) groups excluding carboxylic acids is 1. The summed E-state index contributed by atoms with van der Waals surface area (Å²) in [5.41, 5.74) is 0.227. The van der Waals surface area contributed by atoms with Crippen LogP contribution in [0.2, 0.25) is 0 Å². The summed E-state index contributed by atoms with van der Waals surface area (Å²) < 4.78 is 1.54. The summed E-state index contributed by atoms with van der Waals surface area (Å²) in [6.45, 7) is 5.51. The smallest absolute Gasteiger partial charge is 0.262 e. The van der Waals surface area contributed by atoms with Crippen LogP contribution >= 0.6 is 23.1 Å². The van der Waals surface area contributed by atoms with Gasteiger partial charge in [0.1, 0.15) is 10.4 Å². The number of aromatic nitrogens is 2. The zero-order chi connectivity index (χ0) is 19.8. The predicted octanol–water partition coefficient (Wildman–Crippen LogP) is 3.02. The first-order valence-corrected chi connectivity index (χ1v) is 10.9. The molecule has 1 atom stereocenters. The summed E-state index contributed by atoms with van der Waals surface area (Å²) in [6, 6.07) is 2.17. The molecule has 0 saturated carbocycles. The monoisotopic (exact) mass is 404 g/mol. The SMILES string of the molecule is CC(C)[C@@](C)(C#N)NC(=O)CSc1nc2sc3c(c2c(=O)n1C)CCCC3. The highest BCUT2D eigenvalue weighted by Crippen LogP contribution is 2.34. The fraction of sp³-hybridized carbons (Fsp3) is 0.579. The van der Waals surface area contributed by atoms with Crippen LogP contribution < -0.4 is 10.9 Å². The molecule has 27 heavy (non-hydrogen) atoms. The summed E-state index contributed by atoms with van der Waals surface area (Å²) in [5.74, 6) is -0.133. The fourth-order valence-electron chi connectivity index (χ4n) is 3.15. The van der Waals surface area contributed by atoms with Crippen LogP contribution in [0.25, 0.3) is 10.2 Å². The largest absolute Gasteiger partial charge is 0.337 e. The molecule has 8 heteroatoms. The van der Waals surface area contributed by atoms with E-state index in [0.717, 1.165) is 35.9 Å². The van der Waals surface area contributed by atoms with Crippen molar-refractivity contribution in [3.8, 4) is 6.07 Å². The summed E-state index contributed by atoms with van der Waals surface area (Å²) in [4.78, 5) is 31.9. The third kappa shape index (κ3) is 3.76. The second-order valence-corrected chi connectivity index (χ2v) is 9.48. The van der Waals surface area contributed by atoms with Gasteiger partial charge in [-0.25, -0.2) is 4.98 Å². The van der Waals surface area contributed by atoms with Crippen molar-refractivity contribution in [2.75, 3.05) is 5.75 Å². The molecule has 0 bridgehead atoms. The molecule has 1 amide bonds. The third-order valence-electron chi connectivity index (χ3n) is 5.27. The molecular formula is C19H24N4O2S2. The summed E-state index contributed by atoms with van der Waals surface area (Å²) in [6.07, 6.45) is 4.25. The molecule has 0 fully saturated rings. The minimum atomic E-state index is -0.909. The molecule has 0 aromatic carbocycles. The van der Waals surface area contributed by atoms with E-state index in [4.69, 9.17) is 0 Å². The Morgan fingerprint density at radius 1 is 1.44 bits per heavy atom. The molecule has 1 aliphatic carbocycles. The molecule has 0 saturated heterocycles. The zero-order valence-corrected chi connectivity index (χ0v) is 17.7. The van der Waals surface area contributed by atoms with Gasteiger partial charge in [-0.3, -0.25) is 14.2 Å². The maximum atomic E-state index is 12.9. The van der Waals surface area contributed by atoms with E-state index in [0.29, 0.717) is 5.16 Å². The number of thiophene rings is 1. The number of nitrogens with zero attached hydrogens (tertiary/aromatic N) is 3. The van der Waals surface area contributed by atoms with E-state index in [2.05, 4.69) is 16.4 Å². The van der Waals surface area contributed by atoms with Crippen LogP contribution in [-0.2, 0) is 24.7 Å². The van der Waals surface area contributed by atoms with E-state index in [9.17, 15) is 14.9 Å². The fourth-order valence-corrected chi connectivity index (χ4v) is 5.23. The molecule has 2 heterocycles. The van der Waals surface area contributed by atoms with Gasteiger partial charge in [0.15, 0.2) is 5.16 Å². The molecule has 3 rings (SSSR count). The van der Waals surface area contributed by atoms with Crippen LogP contribution in [0.5, 0.6) is 0 Å². The third-order valence-corrected chi connectivity index (χ3v) is 7.49. The van der Waals surface area contributed by atoms with Gasteiger partial charge in [-0.05, 0) is 44.1 Å². The average Bonchev–Trinajstić information content (AvgIpc) is 3.01. The van der Waals surface area contributed by atoms with Crippen LogP contribution in [-0.4, -0.2) is 26.8 Å². The number of aryl methyl sites for hydroxylation is 2. The molecule has 1 N–H and O–H groups in total. The molecule has 144 valence electrons. The maximum absolute atomic E-state index is 12.9. The lowest BCUT2D eigenvalue weighted by Crippen LogP contribution is -2.49. The molecule has 0 spiro atoms. The Hall–Kier alpha value is -1.85. The minimum absolute atomic E-state index is 0.00674. The number of rotatable bonds is 5. The first kappa shape index (κ1) is 19.9. The van der Waals surface area contributed by atoms with Gasteiger partial charge in [-0.15, -0.1) is 11.3 Å². The van der Waals surface area contributed by atoms with Crippen molar-refractivity contribution in [2.24, 2.45) is 13.0 Å². The van der Waals surface area contributed by atoms with Crippen LogP contribution in [0.4, 0.5) is 0 Å². The first-order chi connectivity index (χ1) is 12.8. The Kier molecular flexibility index (Phi) is 5.63. The van der Waals surface area contributed by atoms with Gasteiger partial charge in [-0.1, -0.05) is 25.6 Å². The van der Waals surface area contributed by atoms with Crippen LogP contribution in [0, 0.1) is 17.2 Å². The molecule has 6 nitrogen and oxygen atoms in total. The zero-order valence-electron chi connectivity index (χ0n) is 16.1. The number of nitriles is 1. The van der Waals surface area contributed by atoms with Crippen molar-refractivity contribution < 1.29 is 4.79 Å². The lowest BCUT2D eigenvalue weighted by atomic mass is 9.90. The number of carbonyl (C=O) groups is 1. The standard InChI is InChI=1S/C19H24N4O2S2/c1-11(2)19(3,10-20)22-14(24)9-26-18-21-16-15(17(25)23(18)4)12-7-5-6-8-13(12)27-16/h11H,5-9H2,1-4H3,(H,22,24)/t19-/m1/s1. The van der Waals surface area contributed by atoms with Crippen molar-refractivity contribution in [2.45, 2.75) is 57.1 Å². The summed E-state index contributed by atoms with van der Waals surface area (Å²) >= 11 is 2.84. The Bertz CT molecular complexity index is 986. The van der Waals surface area contributed by atoms with Crippen molar-refractivity contribution >= 4 is 39.2 Å². The maximum Gasteiger partial charge on any atom is 0.262 e. The number of hydrogen-bond donors (Lipinski definition) is 1. The second kappa shape index (κ2) is 7.64. The molecule has 1 aliphatic rings. The van der Waals surface area contributed by atoms with E-state index in [1.54, 1.807) is 25.3 Å². The van der Waals surface area contributed by atoms with Crippen LogP contribution in [0.3, 0.4) is 0 Å². The molecule has 2 aromatic rings. The lowest BCUT2D eigenvalue weighted by Gasteiger charge is -2.27. The molecular weight excluding hydrogens is 380 g/mol. The van der Waals surface area contributed by atoms with Crippen LogP contribution in [0.1, 0.15) is 44.1 Å². The van der Waals surface area contributed by atoms with Crippen molar-refractivity contribution in [1.29, 1.82) is 5.26 Å². The van der Waals surface area contributed by atoms with Crippen molar-refractivity contribution in [1.82, 2.24) is 14.9 Å². The predicted molar refractivity (Wildman–Crippen MR) is 109 cm³/mol. The van der Waals surface area contributed by atoms with E-state index in [-0.39, 0.29) is 23.1 Å². The molecule has 0 radical (unpaired) electrons. The molecule has 0 unspecified atom stereocenters. The summed E-state index contributed by atoms with van der Waals surface area (Å²) in [5, 5.41) is 13.4. The Morgan fingerprint density at radius 3 is 2.81 bits per heavy atom. The first-order valence-electron chi connectivity index (χ1n) is 9.13. The van der Waals surface area contributed by atoms with Gasteiger partial charge in [0.2, 0.25) is 5.91 Å². The van der Waals surface area contributed by atoms with E-state index < -0.39 is 5.54 Å². The van der Waals surface area contributed by atoms with Crippen molar-refractivity contribution in [3.63, 3.8) is 0 Å². The quantitative estimate of drug-likeness (QED) is 0.611. The molecule has 2 aromatic heterocycles. The second-order valence-electron chi connectivity index (χ2n) is 7.46. The number of fused-ring (bicyclic) bond motifs is 3. The van der Waals surface area contributed by atoms with Gasteiger partial charge < -0.3 is 5.32 Å². The molecule has 0 aliphatic heterocycles. The Labute approximate surface area is 167 Å². The van der Waals surface area contributed by atoms with Gasteiger partial charge in [0.25, 0.3) is 5.56 Å². The number of nitrogens with one attached hydrogen (secondary N) is 1. The van der Waals surface area contributed by atoms with Gasteiger partial charge in [-0.2, -0.15) is 5.26 Å². The van der Waals surface area contributed by atoms with Gasteiger partial charge >= 0.3 is 0 Å². The van der Waals surface area contributed by atoms with Gasteiger partial charge in [0.05, 0.1) is 17.2 Å². The average molecular weight is 405 g/mol. The highest BCUT2D eigenvalue weighted by molar-refractivity contribution is 7.99.